The van der Waals surface area contributed by atoms with Gasteiger partial charge in [0.2, 0.25) is 5.95 Å². The van der Waals surface area contributed by atoms with Crippen molar-refractivity contribution in [3.8, 4) is 10.7 Å². The average molecular weight is 297 g/mol. The third-order valence-electron chi connectivity index (χ3n) is 2.41. The van der Waals surface area contributed by atoms with Crippen LogP contribution >= 0.6 is 27.3 Å². The predicted molar refractivity (Wildman–Crippen MR) is 67.2 cm³/mol. The molecule has 0 bridgehead atoms. The maximum Gasteiger partial charge on any atom is 0.223 e. The summed E-state index contributed by atoms with van der Waals surface area (Å²) in [7, 11) is 0. The molecule has 0 spiro atoms. The number of anilines is 1. The standard InChI is InChI=1S/C10H9BrN4S/c11-7-4-3-6(16-7)9-13-8(5-1-2-5)14-10(12)15-9/h3-5H,1-2H2,(H2,12,13,14,15). The number of halogens is 1. The quantitative estimate of drug-likeness (QED) is 0.925. The van der Waals surface area contributed by atoms with Gasteiger partial charge in [-0.1, -0.05) is 0 Å². The molecule has 3 rings (SSSR count). The van der Waals surface area contributed by atoms with Crippen molar-refractivity contribution in [1.82, 2.24) is 15.0 Å². The van der Waals surface area contributed by atoms with E-state index in [9.17, 15) is 0 Å². The lowest BCUT2D eigenvalue weighted by Gasteiger charge is -2.01. The maximum absolute atomic E-state index is 5.70. The van der Waals surface area contributed by atoms with Gasteiger partial charge in [0, 0.05) is 5.92 Å². The van der Waals surface area contributed by atoms with Crippen molar-refractivity contribution in [2.45, 2.75) is 18.8 Å². The van der Waals surface area contributed by atoms with E-state index in [1.165, 1.54) is 0 Å². The molecule has 0 radical (unpaired) electrons. The average Bonchev–Trinajstić information content (AvgIpc) is 3.01. The molecule has 0 atom stereocenters. The van der Waals surface area contributed by atoms with Gasteiger partial charge in [0.15, 0.2) is 5.82 Å². The van der Waals surface area contributed by atoms with Gasteiger partial charge in [0.05, 0.1) is 8.66 Å². The molecule has 0 amide bonds. The van der Waals surface area contributed by atoms with Gasteiger partial charge < -0.3 is 5.73 Å². The monoisotopic (exact) mass is 296 g/mol. The van der Waals surface area contributed by atoms with E-state index in [0.717, 1.165) is 27.3 Å². The molecular weight excluding hydrogens is 288 g/mol. The van der Waals surface area contributed by atoms with Crippen molar-refractivity contribution in [2.24, 2.45) is 0 Å². The molecule has 1 fully saturated rings. The molecule has 0 unspecified atom stereocenters. The van der Waals surface area contributed by atoms with Crippen molar-refractivity contribution in [1.29, 1.82) is 0 Å². The van der Waals surface area contributed by atoms with Crippen LogP contribution in [0.4, 0.5) is 5.95 Å². The molecular formula is C10H9BrN4S. The summed E-state index contributed by atoms with van der Waals surface area (Å²) in [4.78, 5) is 13.8. The molecule has 1 saturated carbocycles. The van der Waals surface area contributed by atoms with Crippen LogP contribution in [0.1, 0.15) is 24.6 Å². The summed E-state index contributed by atoms with van der Waals surface area (Å²) >= 11 is 5.02. The first-order valence-corrected chi connectivity index (χ1v) is 6.60. The Morgan fingerprint density at radius 3 is 2.69 bits per heavy atom. The highest BCUT2D eigenvalue weighted by Crippen LogP contribution is 2.39. The first-order chi connectivity index (χ1) is 7.72. The third kappa shape index (κ3) is 1.94. The number of aromatic nitrogens is 3. The van der Waals surface area contributed by atoms with Gasteiger partial charge in [-0.2, -0.15) is 9.97 Å². The first kappa shape index (κ1) is 10.2. The fourth-order valence-electron chi connectivity index (χ4n) is 1.48. The smallest absolute Gasteiger partial charge is 0.223 e. The van der Waals surface area contributed by atoms with Gasteiger partial charge in [-0.05, 0) is 40.9 Å². The van der Waals surface area contributed by atoms with E-state index in [-0.39, 0.29) is 0 Å². The highest BCUT2D eigenvalue weighted by atomic mass is 79.9. The molecule has 1 aliphatic rings. The Balaban J connectivity index is 2.06. The number of nitrogen functional groups attached to an aromatic ring is 1. The highest BCUT2D eigenvalue weighted by Gasteiger charge is 2.27. The van der Waals surface area contributed by atoms with Crippen molar-refractivity contribution in [2.75, 3.05) is 5.73 Å². The number of rotatable bonds is 2. The Kier molecular flexibility index (Phi) is 2.40. The fraction of sp³-hybridized carbons (Fsp3) is 0.300. The van der Waals surface area contributed by atoms with E-state index in [0.29, 0.717) is 17.7 Å². The Morgan fingerprint density at radius 1 is 1.25 bits per heavy atom. The normalized spacial score (nSPS) is 15.3. The summed E-state index contributed by atoms with van der Waals surface area (Å²) < 4.78 is 1.06. The summed E-state index contributed by atoms with van der Waals surface area (Å²) in [6, 6.07) is 3.97. The molecule has 1 aliphatic carbocycles. The van der Waals surface area contributed by atoms with Crippen LogP contribution in [0.5, 0.6) is 0 Å². The maximum atomic E-state index is 5.70. The molecule has 2 aromatic rings. The van der Waals surface area contributed by atoms with Gasteiger partial charge in [-0.3, -0.25) is 0 Å². The second-order valence-electron chi connectivity index (χ2n) is 3.75. The van der Waals surface area contributed by atoms with Gasteiger partial charge in [0.1, 0.15) is 5.82 Å². The molecule has 2 aromatic heterocycles. The summed E-state index contributed by atoms with van der Waals surface area (Å²) in [6.07, 6.45) is 2.33. The highest BCUT2D eigenvalue weighted by molar-refractivity contribution is 9.11. The number of thiophene rings is 1. The topological polar surface area (TPSA) is 64.7 Å². The van der Waals surface area contributed by atoms with E-state index in [2.05, 4.69) is 30.9 Å². The van der Waals surface area contributed by atoms with Crippen LogP contribution in [0.3, 0.4) is 0 Å². The molecule has 82 valence electrons. The van der Waals surface area contributed by atoms with Crippen LogP contribution in [0, 0.1) is 0 Å². The lowest BCUT2D eigenvalue weighted by Crippen LogP contribution is -2.03. The number of hydrogen-bond acceptors (Lipinski definition) is 5. The van der Waals surface area contributed by atoms with E-state index in [4.69, 9.17) is 5.73 Å². The molecule has 2 heterocycles. The molecule has 0 saturated heterocycles. The molecule has 0 aliphatic heterocycles. The zero-order valence-corrected chi connectivity index (χ0v) is 10.8. The van der Waals surface area contributed by atoms with Gasteiger partial charge in [0.25, 0.3) is 0 Å². The third-order valence-corrected chi connectivity index (χ3v) is 4.03. The molecule has 4 nitrogen and oxygen atoms in total. The minimum absolute atomic E-state index is 0.316. The van der Waals surface area contributed by atoms with Crippen LogP contribution in [-0.4, -0.2) is 15.0 Å². The van der Waals surface area contributed by atoms with Gasteiger partial charge >= 0.3 is 0 Å². The zero-order chi connectivity index (χ0) is 11.1. The Bertz CT molecular complexity index is 535. The zero-order valence-electron chi connectivity index (χ0n) is 8.35. The van der Waals surface area contributed by atoms with Crippen molar-refractivity contribution in [3.63, 3.8) is 0 Å². The SMILES string of the molecule is Nc1nc(-c2ccc(Br)s2)nc(C2CC2)n1. The van der Waals surface area contributed by atoms with Crippen LogP contribution < -0.4 is 5.73 Å². The number of hydrogen-bond donors (Lipinski definition) is 1. The summed E-state index contributed by atoms with van der Waals surface area (Å²) in [6.45, 7) is 0. The second kappa shape index (κ2) is 3.78. The lowest BCUT2D eigenvalue weighted by molar-refractivity contribution is 0.904. The van der Waals surface area contributed by atoms with Gasteiger partial charge in [-0.25, -0.2) is 4.98 Å². The molecule has 2 N–H and O–H groups in total. The predicted octanol–water partition coefficient (Wildman–Crippen LogP) is 2.82. The largest absolute Gasteiger partial charge is 0.368 e. The van der Waals surface area contributed by atoms with Crippen LogP contribution in [0.25, 0.3) is 10.7 Å². The van der Waals surface area contributed by atoms with E-state index in [1.807, 2.05) is 12.1 Å². The summed E-state index contributed by atoms with van der Waals surface area (Å²) in [5, 5.41) is 0. The molecule has 6 heteroatoms. The lowest BCUT2D eigenvalue weighted by atomic mass is 10.4. The van der Waals surface area contributed by atoms with Crippen LogP contribution in [0.2, 0.25) is 0 Å². The Hall–Kier alpha value is -1.01. The Morgan fingerprint density at radius 2 is 2.06 bits per heavy atom. The first-order valence-electron chi connectivity index (χ1n) is 4.99. The second-order valence-corrected chi connectivity index (χ2v) is 6.22. The van der Waals surface area contributed by atoms with Crippen molar-refractivity contribution < 1.29 is 0 Å². The van der Waals surface area contributed by atoms with E-state index < -0.39 is 0 Å². The van der Waals surface area contributed by atoms with E-state index in [1.54, 1.807) is 11.3 Å². The van der Waals surface area contributed by atoms with Crippen molar-refractivity contribution in [3.05, 3.63) is 21.7 Å². The number of nitrogens with zero attached hydrogens (tertiary/aromatic N) is 3. The Labute approximate surface area is 105 Å². The van der Waals surface area contributed by atoms with Crippen LogP contribution in [-0.2, 0) is 0 Å². The molecule has 16 heavy (non-hydrogen) atoms. The van der Waals surface area contributed by atoms with E-state index >= 15 is 0 Å². The fourth-order valence-corrected chi connectivity index (χ4v) is 2.80. The summed E-state index contributed by atoms with van der Waals surface area (Å²) in [5.41, 5.74) is 5.70. The van der Waals surface area contributed by atoms with Gasteiger partial charge in [-0.15, -0.1) is 11.3 Å². The summed E-state index contributed by atoms with van der Waals surface area (Å²) in [5.74, 6) is 2.33. The number of nitrogens with two attached hydrogens (primary N) is 1. The van der Waals surface area contributed by atoms with Crippen LogP contribution in [0.15, 0.2) is 15.9 Å². The minimum atomic E-state index is 0.316. The molecule has 0 aromatic carbocycles. The minimum Gasteiger partial charge on any atom is -0.368 e. The van der Waals surface area contributed by atoms with Crippen molar-refractivity contribution >= 4 is 33.2 Å².